The molecule has 1 fully saturated rings. The molecule has 0 aliphatic carbocycles. The van der Waals surface area contributed by atoms with Gasteiger partial charge in [0.2, 0.25) is 0 Å². The fraction of sp³-hybridized carbons (Fsp3) is 0.727. The molecule has 90 valence electrons. The summed E-state index contributed by atoms with van der Waals surface area (Å²) in [6.45, 7) is 6.57. The van der Waals surface area contributed by atoms with Crippen molar-refractivity contribution in [2.75, 3.05) is 24.3 Å². The Bertz CT molecular complexity index is 355. The lowest BCUT2D eigenvalue weighted by molar-refractivity contribution is 0.195. The molecule has 1 aliphatic heterocycles. The minimum absolute atomic E-state index is 0.369. The van der Waals surface area contributed by atoms with Crippen molar-refractivity contribution in [2.45, 2.75) is 39.3 Å². The zero-order valence-electron chi connectivity index (χ0n) is 9.99. The Hall–Kier alpha value is -1.23. The topological polar surface area (TPSA) is 65.1 Å². The van der Waals surface area contributed by atoms with E-state index in [-0.39, 0.29) is 0 Å². The first kappa shape index (κ1) is 11.3. The van der Waals surface area contributed by atoms with E-state index < -0.39 is 0 Å². The van der Waals surface area contributed by atoms with Crippen molar-refractivity contribution < 1.29 is 4.74 Å². The Kier molecular flexibility index (Phi) is 3.33. The van der Waals surface area contributed by atoms with Crippen LogP contribution in [0.2, 0.25) is 0 Å². The molecule has 3 N–H and O–H groups in total. The quantitative estimate of drug-likeness (QED) is 0.811. The second-order valence-corrected chi connectivity index (χ2v) is 4.28. The molecular weight excluding hydrogens is 204 g/mol. The summed E-state index contributed by atoms with van der Waals surface area (Å²) >= 11 is 0. The molecule has 0 bridgehead atoms. The molecule has 2 heterocycles. The summed E-state index contributed by atoms with van der Waals surface area (Å²) in [7, 11) is 0. The van der Waals surface area contributed by atoms with Gasteiger partial charge in [-0.3, -0.25) is 0 Å². The van der Waals surface area contributed by atoms with E-state index in [4.69, 9.17) is 10.5 Å². The maximum atomic E-state index is 6.03. The van der Waals surface area contributed by atoms with Crippen LogP contribution in [0.1, 0.15) is 25.5 Å². The summed E-state index contributed by atoms with van der Waals surface area (Å²) in [5, 5.41) is 7.86. The van der Waals surface area contributed by atoms with Crippen LogP contribution < -0.4 is 11.1 Å². The van der Waals surface area contributed by atoms with Gasteiger partial charge in [-0.05, 0) is 19.8 Å². The van der Waals surface area contributed by atoms with Crippen LogP contribution in [0.5, 0.6) is 0 Å². The van der Waals surface area contributed by atoms with E-state index in [0.29, 0.717) is 6.04 Å². The van der Waals surface area contributed by atoms with Gasteiger partial charge in [0.05, 0.1) is 24.0 Å². The van der Waals surface area contributed by atoms with Gasteiger partial charge in [0.25, 0.3) is 0 Å². The Morgan fingerprint density at radius 3 is 3.06 bits per heavy atom. The largest absolute Gasteiger partial charge is 0.394 e. The number of aromatic nitrogens is 2. The van der Waals surface area contributed by atoms with Gasteiger partial charge in [-0.15, -0.1) is 0 Å². The van der Waals surface area contributed by atoms with Gasteiger partial charge in [-0.2, -0.15) is 5.10 Å². The molecule has 16 heavy (non-hydrogen) atoms. The number of nitrogen functional groups attached to an aromatic ring is 1. The first-order chi connectivity index (χ1) is 7.72. The van der Waals surface area contributed by atoms with Crippen LogP contribution in [0.4, 0.5) is 11.5 Å². The summed E-state index contributed by atoms with van der Waals surface area (Å²) in [6.07, 6.45) is 2.09. The third kappa shape index (κ3) is 2.14. The van der Waals surface area contributed by atoms with Crippen molar-refractivity contribution in [1.29, 1.82) is 0 Å². The molecule has 1 unspecified atom stereocenters. The Balaban J connectivity index is 2.16. The average Bonchev–Trinajstić information content (AvgIpc) is 2.84. The lowest BCUT2D eigenvalue weighted by Crippen LogP contribution is -2.22. The predicted octanol–water partition coefficient (Wildman–Crippen LogP) is 1.38. The lowest BCUT2D eigenvalue weighted by atomic mass is 10.2. The second kappa shape index (κ2) is 4.74. The van der Waals surface area contributed by atoms with Gasteiger partial charge in [0.15, 0.2) is 0 Å². The van der Waals surface area contributed by atoms with Crippen molar-refractivity contribution in [3.63, 3.8) is 0 Å². The molecular formula is C11H20N4O. The van der Waals surface area contributed by atoms with E-state index in [2.05, 4.69) is 17.3 Å². The predicted molar refractivity (Wildman–Crippen MR) is 64.5 cm³/mol. The molecule has 0 spiro atoms. The van der Waals surface area contributed by atoms with Crippen LogP contribution in [0.15, 0.2) is 0 Å². The van der Waals surface area contributed by atoms with Gasteiger partial charge >= 0.3 is 0 Å². The van der Waals surface area contributed by atoms with Crippen molar-refractivity contribution >= 4 is 11.5 Å². The number of nitrogens with two attached hydrogens (primary N) is 1. The summed E-state index contributed by atoms with van der Waals surface area (Å²) in [5.41, 5.74) is 7.69. The van der Waals surface area contributed by atoms with E-state index in [9.17, 15) is 0 Å². The molecule has 5 nitrogen and oxygen atoms in total. The normalized spacial score (nSPS) is 20.2. The molecule has 1 aliphatic rings. The SMILES string of the molecule is CCCn1nc(C)c(N)c1NC1CCOC1. The van der Waals surface area contributed by atoms with E-state index in [0.717, 1.165) is 49.8 Å². The highest BCUT2D eigenvalue weighted by molar-refractivity contribution is 5.65. The number of hydrogen-bond donors (Lipinski definition) is 2. The Morgan fingerprint density at radius 2 is 2.44 bits per heavy atom. The van der Waals surface area contributed by atoms with E-state index in [1.165, 1.54) is 0 Å². The van der Waals surface area contributed by atoms with Crippen molar-refractivity contribution in [3.05, 3.63) is 5.69 Å². The minimum Gasteiger partial charge on any atom is -0.394 e. The molecule has 1 aromatic heterocycles. The highest BCUT2D eigenvalue weighted by atomic mass is 16.5. The van der Waals surface area contributed by atoms with Crippen LogP contribution in [-0.2, 0) is 11.3 Å². The molecule has 0 radical (unpaired) electrons. The maximum Gasteiger partial charge on any atom is 0.148 e. The van der Waals surface area contributed by atoms with Crippen molar-refractivity contribution in [2.24, 2.45) is 0 Å². The number of aryl methyl sites for hydroxylation is 2. The van der Waals surface area contributed by atoms with E-state index >= 15 is 0 Å². The molecule has 5 heteroatoms. The van der Waals surface area contributed by atoms with Crippen LogP contribution in [0, 0.1) is 6.92 Å². The monoisotopic (exact) mass is 224 g/mol. The van der Waals surface area contributed by atoms with Gasteiger partial charge < -0.3 is 15.8 Å². The number of nitrogens with zero attached hydrogens (tertiary/aromatic N) is 2. The summed E-state index contributed by atoms with van der Waals surface area (Å²) in [6, 6.07) is 0.369. The first-order valence-electron chi connectivity index (χ1n) is 5.89. The first-order valence-corrected chi connectivity index (χ1v) is 5.89. The van der Waals surface area contributed by atoms with Gasteiger partial charge in [-0.1, -0.05) is 6.92 Å². The summed E-state index contributed by atoms with van der Waals surface area (Å²) in [4.78, 5) is 0. The lowest BCUT2D eigenvalue weighted by Gasteiger charge is -2.14. The van der Waals surface area contributed by atoms with Gasteiger partial charge in [0, 0.05) is 13.2 Å². The second-order valence-electron chi connectivity index (χ2n) is 4.28. The van der Waals surface area contributed by atoms with Crippen molar-refractivity contribution in [3.8, 4) is 0 Å². The Labute approximate surface area is 96.0 Å². The molecule has 1 aromatic rings. The zero-order valence-corrected chi connectivity index (χ0v) is 9.99. The summed E-state index contributed by atoms with van der Waals surface area (Å²) < 4.78 is 7.30. The van der Waals surface area contributed by atoms with Gasteiger partial charge in [-0.25, -0.2) is 4.68 Å². The fourth-order valence-corrected chi connectivity index (χ4v) is 1.96. The molecule has 2 rings (SSSR count). The highest BCUT2D eigenvalue weighted by Gasteiger charge is 2.19. The maximum absolute atomic E-state index is 6.03. The van der Waals surface area contributed by atoms with Crippen molar-refractivity contribution in [1.82, 2.24) is 9.78 Å². The fourth-order valence-electron chi connectivity index (χ4n) is 1.96. The molecule has 1 saturated heterocycles. The number of anilines is 2. The van der Waals surface area contributed by atoms with Crippen LogP contribution in [-0.4, -0.2) is 29.0 Å². The molecule has 0 aromatic carbocycles. The number of ether oxygens (including phenoxy) is 1. The van der Waals surface area contributed by atoms with E-state index in [1.807, 2.05) is 11.6 Å². The number of nitrogens with one attached hydrogen (secondary N) is 1. The molecule has 0 amide bonds. The third-order valence-electron chi connectivity index (χ3n) is 2.88. The average molecular weight is 224 g/mol. The van der Waals surface area contributed by atoms with Gasteiger partial charge in [0.1, 0.15) is 5.82 Å². The van der Waals surface area contributed by atoms with Crippen LogP contribution in [0.25, 0.3) is 0 Å². The standard InChI is InChI=1S/C11H20N4O/c1-3-5-15-11(10(12)8(2)14-15)13-9-4-6-16-7-9/h9,13H,3-7,12H2,1-2H3. The smallest absolute Gasteiger partial charge is 0.148 e. The number of rotatable bonds is 4. The summed E-state index contributed by atoms with van der Waals surface area (Å²) in [5.74, 6) is 0.954. The van der Waals surface area contributed by atoms with Crippen LogP contribution in [0.3, 0.4) is 0 Å². The van der Waals surface area contributed by atoms with E-state index in [1.54, 1.807) is 0 Å². The number of hydrogen-bond acceptors (Lipinski definition) is 4. The molecule has 1 atom stereocenters. The minimum atomic E-state index is 0.369. The Morgan fingerprint density at radius 1 is 1.62 bits per heavy atom. The third-order valence-corrected chi connectivity index (χ3v) is 2.88. The molecule has 0 saturated carbocycles. The zero-order chi connectivity index (χ0) is 11.5. The van der Waals surface area contributed by atoms with Crippen LogP contribution >= 0.6 is 0 Å². The highest BCUT2D eigenvalue weighted by Crippen LogP contribution is 2.24.